The average Bonchev–Trinajstić information content (AvgIpc) is 3.26. The zero-order valence-corrected chi connectivity index (χ0v) is 16.0. The second-order valence-electron chi connectivity index (χ2n) is 5.94. The molecule has 0 atom stereocenters. The fourth-order valence-corrected chi connectivity index (χ4v) is 3.09. The zero-order valence-electron chi connectivity index (χ0n) is 15.2. The lowest BCUT2D eigenvalue weighted by molar-refractivity contribution is -0.119. The summed E-state index contributed by atoms with van der Waals surface area (Å²) in [5.74, 6) is -0.543. The Balaban J connectivity index is 1.66. The number of hydrogen-bond donors (Lipinski definition) is 1. The summed E-state index contributed by atoms with van der Waals surface area (Å²) in [6.07, 6.45) is 0.572. The molecule has 3 rings (SSSR count). The van der Waals surface area contributed by atoms with Gasteiger partial charge in [-0.25, -0.2) is 9.48 Å². The van der Waals surface area contributed by atoms with Gasteiger partial charge in [-0.05, 0) is 43.9 Å². The van der Waals surface area contributed by atoms with Crippen LogP contribution in [0.3, 0.4) is 0 Å². The Bertz CT molecular complexity index is 962. The number of benzene rings is 1. The molecule has 1 amide bonds. The van der Waals surface area contributed by atoms with Gasteiger partial charge in [0.2, 0.25) is 0 Å². The molecule has 0 saturated carbocycles. The number of hydrogen-bond acceptors (Lipinski definition) is 7. The van der Waals surface area contributed by atoms with Crippen LogP contribution in [0.25, 0.3) is 5.69 Å². The van der Waals surface area contributed by atoms with Crippen LogP contribution in [0, 0.1) is 13.8 Å². The van der Waals surface area contributed by atoms with E-state index < -0.39 is 18.5 Å². The van der Waals surface area contributed by atoms with Crippen molar-refractivity contribution in [1.82, 2.24) is 19.4 Å². The molecule has 140 valence electrons. The number of aromatic nitrogens is 4. The Labute approximate surface area is 160 Å². The van der Waals surface area contributed by atoms with Crippen molar-refractivity contribution in [3.05, 3.63) is 52.2 Å². The monoisotopic (exact) mass is 385 g/mol. The Morgan fingerprint density at radius 1 is 1.22 bits per heavy atom. The first kappa shape index (κ1) is 18.7. The predicted octanol–water partition coefficient (Wildman–Crippen LogP) is 2.70. The van der Waals surface area contributed by atoms with Gasteiger partial charge in [0.25, 0.3) is 5.91 Å². The lowest BCUT2D eigenvalue weighted by Crippen LogP contribution is -2.22. The first-order valence-electron chi connectivity index (χ1n) is 8.40. The smallest absolute Gasteiger partial charge is 0.352 e. The average molecular weight is 385 g/mol. The lowest BCUT2D eigenvalue weighted by atomic mass is 10.2. The van der Waals surface area contributed by atoms with Crippen LogP contribution < -0.4 is 5.32 Å². The highest BCUT2D eigenvalue weighted by atomic mass is 32.1. The minimum Gasteiger partial charge on any atom is -0.451 e. The molecule has 0 spiro atoms. The van der Waals surface area contributed by atoms with Gasteiger partial charge < -0.3 is 10.1 Å². The summed E-state index contributed by atoms with van der Waals surface area (Å²) >= 11 is 0.961. The number of amides is 1. The van der Waals surface area contributed by atoms with Gasteiger partial charge in [0.05, 0.1) is 17.1 Å². The molecule has 0 bridgehead atoms. The zero-order chi connectivity index (χ0) is 19.4. The van der Waals surface area contributed by atoms with Crippen molar-refractivity contribution < 1.29 is 14.3 Å². The molecule has 8 nitrogen and oxygen atoms in total. The largest absolute Gasteiger partial charge is 0.451 e. The number of esters is 1. The van der Waals surface area contributed by atoms with Crippen LogP contribution in [0.5, 0.6) is 0 Å². The summed E-state index contributed by atoms with van der Waals surface area (Å²) in [4.78, 5) is 24.6. The standard InChI is InChI=1S/C18H19N5O3S/c1-4-14-17(27-22-20-14)18(25)26-10-16(24)19-15-9-12(3)21-23(15)13-7-5-11(2)6-8-13/h5-9H,4,10H2,1-3H3,(H,19,24). The van der Waals surface area contributed by atoms with Crippen molar-refractivity contribution in [2.75, 3.05) is 11.9 Å². The van der Waals surface area contributed by atoms with Gasteiger partial charge in [-0.2, -0.15) is 5.10 Å². The number of carbonyl (C=O) groups excluding carboxylic acids is 2. The van der Waals surface area contributed by atoms with Crippen molar-refractivity contribution >= 4 is 29.2 Å². The van der Waals surface area contributed by atoms with E-state index in [9.17, 15) is 9.59 Å². The Morgan fingerprint density at radius 2 is 1.96 bits per heavy atom. The maximum atomic E-state index is 12.2. The second-order valence-corrected chi connectivity index (χ2v) is 6.70. The Morgan fingerprint density at radius 3 is 2.67 bits per heavy atom. The molecule has 27 heavy (non-hydrogen) atoms. The Hall–Kier alpha value is -3.07. The molecule has 9 heteroatoms. The molecular formula is C18H19N5O3S. The minimum atomic E-state index is -0.597. The number of aryl methyl sites for hydroxylation is 3. The Kier molecular flexibility index (Phi) is 5.60. The van der Waals surface area contributed by atoms with Crippen LogP contribution in [-0.2, 0) is 16.0 Å². The second kappa shape index (κ2) is 8.09. The first-order valence-corrected chi connectivity index (χ1v) is 9.17. The fourth-order valence-electron chi connectivity index (χ4n) is 2.44. The van der Waals surface area contributed by atoms with Crippen molar-refractivity contribution in [2.45, 2.75) is 27.2 Å². The summed E-state index contributed by atoms with van der Waals surface area (Å²) in [5, 5.41) is 11.0. The van der Waals surface area contributed by atoms with E-state index in [1.165, 1.54) is 0 Å². The number of anilines is 1. The summed E-state index contributed by atoms with van der Waals surface area (Å²) in [5.41, 5.74) is 3.28. The van der Waals surface area contributed by atoms with E-state index in [2.05, 4.69) is 20.0 Å². The van der Waals surface area contributed by atoms with Crippen molar-refractivity contribution in [2.24, 2.45) is 0 Å². The third-order valence-electron chi connectivity index (χ3n) is 3.79. The number of ether oxygens (including phenoxy) is 1. The van der Waals surface area contributed by atoms with Crippen molar-refractivity contribution in [3.63, 3.8) is 0 Å². The summed E-state index contributed by atoms with van der Waals surface area (Å²) in [7, 11) is 0. The molecule has 3 aromatic rings. The van der Waals surface area contributed by atoms with Gasteiger partial charge in [0.1, 0.15) is 5.82 Å². The van der Waals surface area contributed by atoms with E-state index in [0.717, 1.165) is 28.5 Å². The van der Waals surface area contributed by atoms with Crippen molar-refractivity contribution in [3.8, 4) is 5.69 Å². The maximum Gasteiger partial charge on any atom is 0.352 e. The quantitative estimate of drug-likeness (QED) is 0.655. The van der Waals surface area contributed by atoms with Crippen LogP contribution in [0.15, 0.2) is 30.3 Å². The van der Waals surface area contributed by atoms with E-state index >= 15 is 0 Å². The topological polar surface area (TPSA) is 99.0 Å². The molecule has 1 N–H and O–H groups in total. The van der Waals surface area contributed by atoms with Crippen LogP contribution in [0.2, 0.25) is 0 Å². The molecule has 1 aromatic carbocycles. The van der Waals surface area contributed by atoms with E-state index in [1.54, 1.807) is 10.7 Å². The molecule has 0 aliphatic carbocycles. The highest BCUT2D eigenvalue weighted by Gasteiger charge is 2.18. The number of nitrogens with one attached hydrogen (secondary N) is 1. The minimum absolute atomic E-state index is 0.325. The molecule has 0 saturated heterocycles. The molecule has 0 unspecified atom stereocenters. The molecule has 0 radical (unpaired) electrons. The van der Waals surface area contributed by atoms with Gasteiger partial charge in [-0.3, -0.25) is 4.79 Å². The van der Waals surface area contributed by atoms with Gasteiger partial charge in [-0.1, -0.05) is 29.1 Å². The van der Waals surface area contributed by atoms with Gasteiger partial charge in [0.15, 0.2) is 11.5 Å². The third kappa shape index (κ3) is 4.37. The van der Waals surface area contributed by atoms with Gasteiger partial charge in [-0.15, -0.1) is 5.10 Å². The highest BCUT2D eigenvalue weighted by molar-refractivity contribution is 7.07. The highest BCUT2D eigenvalue weighted by Crippen LogP contribution is 2.18. The maximum absolute atomic E-state index is 12.2. The molecule has 0 fully saturated rings. The van der Waals surface area contributed by atoms with Gasteiger partial charge in [0, 0.05) is 6.07 Å². The van der Waals surface area contributed by atoms with E-state index in [0.29, 0.717) is 22.8 Å². The molecule has 0 aliphatic heterocycles. The fraction of sp³-hybridized carbons (Fsp3) is 0.278. The van der Waals surface area contributed by atoms with Gasteiger partial charge >= 0.3 is 5.97 Å². The van der Waals surface area contributed by atoms with E-state index in [4.69, 9.17) is 4.74 Å². The predicted molar refractivity (Wildman–Crippen MR) is 101 cm³/mol. The lowest BCUT2D eigenvalue weighted by Gasteiger charge is -2.09. The van der Waals surface area contributed by atoms with Crippen LogP contribution in [0.1, 0.15) is 33.5 Å². The van der Waals surface area contributed by atoms with E-state index in [1.807, 2.05) is 45.0 Å². The van der Waals surface area contributed by atoms with E-state index in [-0.39, 0.29) is 0 Å². The molecule has 2 aromatic heterocycles. The normalized spacial score (nSPS) is 10.6. The number of rotatable bonds is 6. The molecule has 0 aliphatic rings. The van der Waals surface area contributed by atoms with Crippen LogP contribution >= 0.6 is 11.5 Å². The molecular weight excluding hydrogens is 366 g/mol. The van der Waals surface area contributed by atoms with Crippen LogP contribution in [-0.4, -0.2) is 37.9 Å². The van der Waals surface area contributed by atoms with Crippen molar-refractivity contribution in [1.29, 1.82) is 0 Å². The summed E-state index contributed by atoms with van der Waals surface area (Å²) < 4.78 is 10.5. The first-order chi connectivity index (χ1) is 13.0. The summed E-state index contributed by atoms with van der Waals surface area (Å²) in [6, 6.07) is 9.52. The molecule has 2 heterocycles. The number of carbonyl (C=O) groups is 2. The summed E-state index contributed by atoms with van der Waals surface area (Å²) in [6.45, 7) is 5.30. The third-order valence-corrected chi connectivity index (χ3v) is 4.54. The SMILES string of the molecule is CCc1nnsc1C(=O)OCC(=O)Nc1cc(C)nn1-c1ccc(C)cc1. The van der Waals surface area contributed by atoms with Crippen LogP contribution in [0.4, 0.5) is 5.82 Å². The number of nitrogens with zero attached hydrogens (tertiary/aromatic N) is 4.